The van der Waals surface area contributed by atoms with Crippen molar-refractivity contribution >= 4 is 11.4 Å². The van der Waals surface area contributed by atoms with Crippen LogP contribution in [0.1, 0.15) is 56.7 Å². The average Bonchev–Trinajstić information content (AvgIpc) is 2.72. The molecule has 0 aliphatic carbocycles. The van der Waals surface area contributed by atoms with Gasteiger partial charge in [-0.3, -0.25) is 4.99 Å². The predicted molar refractivity (Wildman–Crippen MR) is 119 cm³/mol. The molecule has 3 heteroatoms. The van der Waals surface area contributed by atoms with Crippen LogP contribution >= 0.6 is 0 Å². The summed E-state index contributed by atoms with van der Waals surface area (Å²) in [6.07, 6.45) is 6.51. The van der Waals surface area contributed by atoms with E-state index in [-0.39, 0.29) is 6.61 Å². The van der Waals surface area contributed by atoms with E-state index in [0.717, 1.165) is 35.6 Å². The Labute approximate surface area is 169 Å². The summed E-state index contributed by atoms with van der Waals surface area (Å²) in [5.41, 5.74) is 5.83. The number of terminal acetylenes is 1. The van der Waals surface area contributed by atoms with Crippen LogP contribution < -0.4 is 9.64 Å². The highest BCUT2D eigenvalue weighted by Gasteiger charge is 2.23. The minimum Gasteiger partial charge on any atom is -0.481 e. The number of fused-ring (bicyclic) bond motifs is 1. The van der Waals surface area contributed by atoms with Gasteiger partial charge in [0.15, 0.2) is 0 Å². The molecule has 1 unspecified atom stereocenters. The van der Waals surface area contributed by atoms with Gasteiger partial charge in [-0.1, -0.05) is 64.3 Å². The minimum atomic E-state index is 0.269. The maximum atomic E-state index is 5.68. The Bertz CT molecular complexity index is 874. The van der Waals surface area contributed by atoms with Crippen molar-refractivity contribution in [2.24, 2.45) is 10.9 Å². The zero-order valence-corrected chi connectivity index (χ0v) is 17.4. The Morgan fingerprint density at radius 2 is 1.89 bits per heavy atom. The maximum absolute atomic E-state index is 5.68. The fraction of sp³-hybridized carbons (Fsp3) is 0.400. The fourth-order valence-electron chi connectivity index (χ4n) is 3.45. The highest BCUT2D eigenvalue weighted by molar-refractivity contribution is 6.17. The summed E-state index contributed by atoms with van der Waals surface area (Å²) in [7, 11) is 0. The third kappa shape index (κ3) is 4.39. The van der Waals surface area contributed by atoms with Crippen molar-refractivity contribution in [2.75, 3.05) is 24.7 Å². The second kappa shape index (κ2) is 8.97. The molecule has 0 saturated carbocycles. The normalized spacial score (nSPS) is 14.3. The number of aliphatic imine (C=N–C) groups is 1. The third-order valence-corrected chi connectivity index (χ3v) is 5.37. The number of benzene rings is 2. The summed E-state index contributed by atoms with van der Waals surface area (Å²) in [6.45, 7) is 10.9. The smallest absolute Gasteiger partial charge is 0.148 e. The van der Waals surface area contributed by atoms with Gasteiger partial charge in [-0.25, -0.2) is 0 Å². The molecule has 2 aromatic carbocycles. The van der Waals surface area contributed by atoms with Crippen molar-refractivity contribution in [3.05, 3.63) is 59.2 Å². The van der Waals surface area contributed by atoms with E-state index < -0.39 is 0 Å². The van der Waals surface area contributed by atoms with E-state index in [2.05, 4.69) is 74.9 Å². The molecule has 0 aromatic heterocycles. The summed E-state index contributed by atoms with van der Waals surface area (Å²) in [5, 5.41) is 0. The van der Waals surface area contributed by atoms with E-state index in [1.54, 1.807) is 0 Å². The lowest BCUT2D eigenvalue weighted by molar-refractivity contribution is 0.370. The lowest BCUT2D eigenvalue weighted by Gasteiger charge is -2.32. The van der Waals surface area contributed by atoms with Gasteiger partial charge in [-0.05, 0) is 35.6 Å². The summed E-state index contributed by atoms with van der Waals surface area (Å²) in [6, 6.07) is 15.0. The van der Waals surface area contributed by atoms with Crippen LogP contribution in [0.2, 0.25) is 0 Å². The first-order valence-electron chi connectivity index (χ1n) is 10.1. The molecule has 0 saturated heterocycles. The maximum Gasteiger partial charge on any atom is 0.148 e. The second-order valence-corrected chi connectivity index (χ2v) is 7.83. The first-order chi connectivity index (χ1) is 13.5. The Morgan fingerprint density at radius 1 is 1.14 bits per heavy atom. The van der Waals surface area contributed by atoms with Gasteiger partial charge in [0.05, 0.1) is 5.71 Å². The second-order valence-electron chi connectivity index (χ2n) is 7.83. The van der Waals surface area contributed by atoms with Crippen molar-refractivity contribution < 1.29 is 4.74 Å². The van der Waals surface area contributed by atoms with Crippen LogP contribution in [0.5, 0.6) is 5.75 Å². The van der Waals surface area contributed by atoms with E-state index in [1.165, 1.54) is 11.3 Å². The van der Waals surface area contributed by atoms with Crippen molar-refractivity contribution in [3.63, 3.8) is 0 Å². The fourth-order valence-corrected chi connectivity index (χ4v) is 3.45. The largest absolute Gasteiger partial charge is 0.481 e. The molecule has 0 bridgehead atoms. The minimum absolute atomic E-state index is 0.269. The molecular weight excluding hydrogens is 344 g/mol. The van der Waals surface area contributed by atoms with E-state index in [4.69, 9.17) is 16.2 Å². The highest BCUT2D eigenvalue weighted by atomic mass is 16.5. The Kier molecular flexibility index (Phi) is 6.41. The summed E-state index contributed by atoms with van der Waals surface area (Å²) >= 11 is 0. The number of ether oxygens (including phenoxy) is 1. The summed E-state index contributed by atoms with van der Waals surface area (Å²) < 4.78 is 5.68. The predicted octanol–water partition coefficient (Wildman–Crippen LogP) is 5.48. The van der Waals surface area contributed by atoms with E-state index in [0.29, 0.717) is 18.5 Å². The molecule has 2 aromatic rings. The van der Waals surface area contributed by atoms with Crippen molar-refractivity contribution in [1.29, 1.82) is 0 Å². The van der Waals surface area contributed by atoms with Gasteiger partial charge in [-0.2, -0.15) is 0 Å². The number of rotatable bonds is 7. The van der Waals surface area contributed by atoms with Crippen LogP contribution in [-0.4, -0.2) is 25.5 Å². The zero-order valence-electron chi connectivity index (χ0n) is 17.4. The lowest BCUT2D eigenvalue weighted by Crippen LogP contribution is -2.33. The summed E-state index contributed by atoms with van der Waals surface area (Å²) in [4.78, 5) is 7.31. The van der Waals surface area contributed by atoms with Crippen LogP contribution in [-0.2, 0) is 0 Å². The van der Waals surface area contributed by atoms with E-state index >= 15 is 0 Å². The molecule has 0 spiro atoms. The average molecular weight is 375 g/mol. The molecule has 28 heavy (non-hydrogen) atoms. The lowest BCUT2D eigenvalue weighted by atomic mass is 9.95. The highest BCUT2D eigenvalue weighted by Crippen LogP contribution is 2.32. The van der Waals surface area contributed by atoms with Gasteiger partial charge in [0, 0.05) is 23.4 Å². The van der Waals surface area contributed by atoms with Gasteiger partial charge in [-0.15, -0.1) is 6.42 Å². The van der Waals surface area contributed by atoms with Crippen LogP contribution in [0.15, 0.2) is 47.5 Å². The molecule has 1 atom stereocenters. The Morgan fingerprint density at radius 3 is 2.54 bits per heavy atom. The van der Waals surface area contributed by atoms with Crippen LogP contribution in [0.4, 0.5) is 5.69 Å². The molecule has 0 radical (unpaired) electrons. The molecular formula is C25H30N2O. The number of hydrogen-bond acceptors (Lipinski definition) is 3. The standard InChI is InChI=1S/C25H30N2O/c1-6-14-28-22-12-13-24-23(15-22)25(26-17-27(24)16-19(5)7-2)21-10-8-20(9-11-21)18(3)4/h1,8-13,15,18-19H,7,14,16-17H2,2-5H3. The monoisotopic (exact) mass is 374 g/mol. The number of hydrogen-bond donors (Lipinski definition) is 0. The van der Waals surface area contributed by atoms with E-state index in [1.807, 2.05) is 6.07 Å². The molecule has 0 N–H and O–H groups in total. The van der Waals surface area contributed by atoms with Crippen molar-refractivity contribution in [2.45, 2.75) is 40.0 Å². The van der Waals surface area contributed by atoms with Gasteiger partial charge in [0.1, 0.15) is 19.0 Å². The Balaban J connectivity index is 1.99. The van der Waals surface area contributed by atoms with Crippen molar-refractivity contribution in [3.8, 4) is 18.1 Å². The third-order valence-electron chi connectivity index (χ3n) is 5.37. The molecule has 146 valence electrons. The van der Waals surface area contributed by atoms with Gasteiger partial charge >= 0.3 is 0 Å². The van der Waals surface area contributed by atoms with Crippen molar-refractivity contribution in [1.82, 2.24) is 0 Å². The van der Waals surface area contributed by atoms with Gasteiger partial charge in [0.2, 0.25) is 0 Å². The van der Waals surface area contributed by atoms with Gasteiger partial charge in [0.25, 0.3) is 0 Å². The SMILES string of the molecule is C#CCOc1ccc2c(c1)C(c1ccc(C(C)C)cc1)=NCN2CC(C)CC. The van der Waals surface area contributed by atoms with Gasteiger partial charge < -0.3 is 9.64 Å². The molecule has 0 fully saturated rings. The molecule has 1 aliphatic rings. The molecule has 3 rings (SSSR count). The quantitative estimate of drug-likeness (QED) is 0.599. The first kappa shape index (κ1) is 20.0. The van der Waals surface area contributed by atoms with Crippen LogP contribution in [0.25, 0.3) is 0 Å². The molecule has 1 heterocycles. The summed E-state index contributed by atoms with van der Waals surface area (Å²) in [5.74, 6) is 4.46. The zero-order chi connectivity index (χ0) is 20.1. The molecule has 3 nitrogen and oxygen atoms in total. The van der Waals surface area contributed by atoms with Crippen LogP contribution in [0, 0.1) is 18.3 Å². The topological polar surface area (TPSA) is 24.8 Å². The first-order valence-corrected chi connectivity index (χ1v) is 10.1. The van der Waals surface area contributed by atoms with E-state index in [9.17, 15) is 0 Å². The number of nitrogens with zero attached hydrogens (tertiary/aromatic N) is 2. The molecule has 0 amide bonds. The van der Waals surface area contributed by atoms with Crippen LogP contribution in [0.3, 0.4) is 0 Å². The number of anilines is 1. The molecule has 1 aliphatic heterocycles. The Hall–Kier alpha value is -2.73.